The molecule has 2 N–H and O–H groups in total. The number of aromatic nitrogens is 1. The first-order chi connectivity index (χ1) is 12.9. The number of ether oxygens (including phenoxy) is 1. The molecule has 1 atom stereocenters. The third-order valence-electron chi connectivity index (χ3n) is 3.55. The van der Waals surface area contributed by atoms with Crippen molar-refractivity contribution in [2.45, 2.75) is 25.5 Å². The molecule has 10 heteroatoms. The summed E-state index contributed by atoms with van der Waals surface area (Å²) in [5, 5.41) is 5.63. The van der Waals surface area contributed by atoms with Gasteiger partial charge in [0, 0.05) is 11.6 Å². The summed E-state index contributed by atoms with van der Waals surface area (Å²) in [4.78, 5) is 28.4. The molecule has 1 heterocycles. The molecule has 0 aliphatic heterocycles. The molecule has 0 aliphatic rings. The SMILES string of the molecule is CCOc1ccccc1NC(=O)CS(=O)(=O)C(CC)C(=O)Nc1nccs1. The number of carbonyl (C=O) groups excluding carboxylic acids is 2. The Balaban J connectivity index is 2.07. The lowest BCUT2D eigenvalue weighted by atomic mass is 10.3. The Labute approximate surface area is 161 Å². The molecule has 2 rings (SSSR count). The Hall–Kier alpha value is -2.46. The number of anilines is 2. The molecule has 0 saturated heterocycles. The van der Waals surface area contributed by atoms with Gasteiger partial charge in [0.15, 0.2) is 15.0 Å². The highest BCUT2D eigenvalue weighted by Crippen LogP contribution is 2.24. The molecule has 27 heavy (non-hydrogen) atoms. The van der Waals surface area contributed by atoms with Crippen molar-refractivity contribution in [1.29, 1.82) is 0 Å². The van der Waals surface area contributed by atoms with E-state index in [1.165, 1.54) is 17.5 Å². The highest BCUT2D eigenvalue weighted by atomic mass is 32.2. The van der Waals surface area contributed by atoms with Gasteiger partial charge in [-0.15, -0.1) is 11.3 Å². The lowest BCUT2D eigenvalue weighted by Gasteiger charge is -2.15. The van der Waals surface area contributed by atoms with E-state index >= 15 is 0 Å². The second kappa shape index (κ2) is 9.47. The van der Waals surface area contributed by atoms with Gasteiger partial charge in [-0.3, -0.25) is 9.59 Å². The Morgan fingerprint density at radius 3 is 2.59 bits per heavy atom. The van der Waals surface area contributed by atoms with Crippen molar-refractivity contribution in [3.05, 3.63) is 35.8 Å². The molecular formula is C17H21N3O5S2. The van der Waals surface area contributed by atoms with Gasteiger partial charge >= 0.3 is 0 Å². The fraction of sp³-hybridized carbons (Fsp3) is 0.353. The van der Waals surface area contributed by atoms with E-state index in [1.807, 2.05) is 0 Å². The van der Waals surface area contributed by atoms with E-state index in [0.717, 1.165) is 0 Å². The first kappa shape index (κ1) is 20.8. The van der Waals surface area contributed by atoms with E-state index in [9.17, 15) is 18.0 Å². The number of amides is 2. The van der Waals surface area contributed by atoms with Crippen LogP contribution in [-0.2, 0) is 19.4 Å². The van der Waals surface area contributed by atoms with Crippen LogP contribution in [0, 0.1) is 0 Å². The molecule has 0 radical (unpaired) electrons. The number of benzene rings is 1. The highest BCUT2D eigenvalue weighted by Gasteiger charge is 2.33. The van der Waals surface area contributed by atoms with Crippen LogP contribution in [0.5, 0.6) is 5.75 Å². The molecule has 0 spiro atoms. The molecule has 0 fully saturated rings. The van der Waals surface area contributed by atoms with Crippen LogP contribution in [0.25, 0.3) is 0 Å². The Bertz CT molecular complexity index is 882. The second-order valence-corrected chi connectivity index (χ2v) is 8.59. The summed E-state index contributed by atoms with van der Waals surface area (Å²) in [5.41, 5.74) is 0.375. The van der Waals surface area contributed by atoms with Gasteiger partial charge in [-0.2, -0.15) is 0 Å². The number of para-hydroxylation sites is 2. The molecule has 0 saturated carbocycles. The molecule has 0 aliphatic carbocycles. The predicted octanol–water partition coefficient (Wildman–Crippen LogP) is 2.31. The van der Waals surface area contributed by atoms with Crippen LogP contribution in [0.3, 0.4) is 0 Å². The molecule has 1 aromatic heterocycles. The van der Waals surface area contributed by atoms with Crippen LogP contribution >= 0.6 is 11.3 Å². The molecule has 8 nitrogen and oxygen atoms in total. The zero-order valence-electron chi connectivity index (χ0n) is 15.0. The van der Waals surface area contributed by atoms with Crippen molar-refractivity contribution >= 4 is 43.8 Å². The summed E-state index contributed by atoms with van der Waals surface area (Å²) in [5.74, 6) is -1.80. The van der Waals surface area contributed by atoms with Crippen LogP contribution in [0.4, 0.5) is 10.8 Å². The minimum absolute atomic E-state index is 0.0440. The van der Waals surface area contributed by atoms with Gasteiger partial charge in [0.25, 0.3) is 0 Å². The summed E-state index contributed by atoms with van der Waals surface area (Å²) >= 11 is 1.18. The monoisotopic (exact) mass is 411 g/mol. The van der Waals surface area contributed by atoms with E-state index < -0.39 is 32.7 Å². The van der Waals surface area contributed by atoms with Gasteiger partial charge in [0.1, 0.15) is 16.8 Å². The van der Waals surface area contributed by atoms with Crippen molar-refractivity contribution in [3.8, 4) is 5.75 Å². The van der Waals surface area contributed by atoms with Gasteiger partial charge in [0.05, 0.1) is 12.3 Å². The van der Waals surface area contributed by atoms with Crippen LogP contribution in [0.2, 0.25) is 0 Å². The van der Waals surface area contributed by atoms with Crippen LogP contribution in [0.1, 0.15) is 20.3 Å². The topological polar surface area (TPSA) is 114 Å². The number of hydrogen-bond donors (Lipinski definition) is 2. The third kappa shape index (κ3) is 5.76. The zero-order valence-corrected chi connectivity index (χ0v) is 16.6. The maximum absolute atomic E-state index is 12.6. The van der Waals surface area contributed by atoms with Gasteiger partial charge in [-0.05, 0) is 25.5 Å². The fourth-order valence-corrected chi connectivity index (χ4v) is 4.46. The van der Waals surface area contributed by atoms with E-state index in [1.54, 1.807) is 43.5 Å². The average Bonchev–Trinajstić information content (AvgIpc) is 3.09. The van der Waals surface area contributed by atoms with E-state index in [2.05, 4.69) is 15.6 Å². The lowest BCUT2D eigenvalue weighted by molar-refractivity contribution is -0.115. The van der Waals surface area contributed by atoms with Crippen molar-refractivity contribution < 1.29 is 22.7 Å². The van der Waals surface area contributed by atoms with Gasteiger partial charge < -0.3 is 15.4 Å². The van der Waals surface area contributed by atoms with Crippen molar-refractivity contribution in [2.24, 2.45) is 0 Å². The van der Waals surface area contributed by atoms with Crippen molar-refractivity contribution in [1.82, 2.24) is 4.98 Å². The summed E-state index contributed by atoms with van der Waals surface area (Å²) < 4.78 is 30.5. The number of sulfone groups is 1. The Morgan fingerprint density at radius 2 is 1.96 bits per heavy atom. The first-order valence-electron chi connectivity index (χ1n) is 8.31. The molecule has 2 aromatic rings. The largest absolute Gasteiger partial charge is 0.492 e. The smallest absolute Gasteiger partial charge is 0.244 e. The summed E-state index contributed by atoms with van der Waals surface area (Å²) in [7, 11) is -4.01. The maximum atomic E-state index is 12.6. The van der Waals surface area contributed by atoms with Crippen molar-refractivity contribution in [3.63, 3.8) is 0 Å². The normalized spacial score (nSPS) is 12.2. The molecule has 2 amide bonds. The molecule has 0 bridgehead atoms. The minimum Gasteiger partial charge on any atom is -0.492 e. The number of rotatable bonds is 9. The number of hydrogen-bond acceptors (Lipinski definition) is 7. The van der Waals surface area contributed by atoms with Gasteiger partial charge in [-0.25, -0.2) is 13.4 Å². The molecule has 146 valence electrons. The highest BCUT2D eigenvalue weighted by molar-refractivity contribution is 7.93. The van der Waals surface area contributed by atoms with Gasteiger partial charge in [-0.1, -0.05) is 19.1 Å². The summed E-state index contributed by atoms with van der Waals surface area (Å²) in [6.07, 6.45) is 1.54. The zero-order chi connectivity index (χ0) is 19.9. The van der Waals surface area contributed by atoms with E-state index in [-0.39, 0.29) is 6.42 Å². The number of thiazole rings is 1. The van der Waals surface area contributed by atoms with Crippen LogP contribution in [0.15, 0.2) is 35.8 Å². The average molecular weight is 412 g/mol. The molecule has 1 unspecified atom stereocenters. The number of carbonyl (C=O) groups is 2. The number of nitrogens with zero attached hydrogens (tertiary/aromatic N) is 1. The third-order valence-corrected chi connectivity index (χ3v) is 6.32. The van der Waals surface area contributed by atoms with Crippen LogP contribution in [-0.4, -0.2) is 42.8 Å². The van der Waals surface area contributed by atoms with Crippen molar-refractivity contribution in [2.75, 3.05) is 23.0 Å². The summed E-state index contributed by atoms with van der Waals surface area (Å²) in [6.45, 7) is 3.78. The number of nitrogens with one attached hydrogen (secondary N) is 2. The Kier molecular flexibility index (Phi) is 7.31. The standard InChI is InChI=1S/C17H21N3O5S2/c1-3-14(16(22)20-17-18-9-10-26-17)27(23,24)11-15(21)19-12-7-5-6-8-13(12)25-4-2/h5-10,14H,3-4,11H2,1-2H3,(H,19,21)(H,18,20,22). The van der Waals surface area contributed by atoms with Crippen LogP contribution < -0.4 is 15.4 Å². The molecule has 1 aromatic carbocycles. The minimum atomic E-state index is -4.01. The van der Waals surface area contributed by atoms with E-state index in [4.69, 9.17) is 4.74 Å². The van der Waals surface area contributed by atoms with Gasteiger partial charge in [0.2, 0.25) is 11.8 Å². The Morgan fingerprint density at radius 1 is 1.22 bits per heavy atom. The first-order valence-corrected chi connectivity index (χ1v) is 10.9. The lowest BCUT2D eigenvalue weighted by Crippen LogP contribution is -2.39. The summed E-state index contributed by atoms with van der Waals surface area (Å²) in [6, 6.07) is 6.72. The predicted molar refractivity (Wildman–Crippen MR) is 105 cm³/mol. The maximum Gasteiger partial charge on any atom is 0.244 e. The van der Waals surface area contributed by atoms with E-state index in [0.29, 0.717) is 23.2 Å². The quantitative estimate of drug-likeness (QED) is 0.654. The molecular weight excluding hydrogens is 390 g/mol. The second-order valence-electron chi connectivity index (χ2n) is 5.51. The fourth-order valence-electron chi connectivity index (χ4n) is 2.39.